The van der Waals surface area contributed by atoms with Gasteiger partial charge in [-0.2, -0.15) is 0 Å². The number of amides is 1. The molecule has 0 saturated heterocycles. The Balaban J connectivity index is 1.97. The highest BCUT2D eigenvalue weighted by Gasteiger charge is 2.11. The van der Waals surface area contributed by atoms with E-state index >= 15 is 0 Å². The van der Waals surface area contributed by atoms with Crippen molar-refractivity contribution in [3.8, 4) is 0 Å². The van der Waals surface area contributed by atoms with Gasteiger partial charge in [-0.1, -0.05) is 55.5 Å². The van der Waals surface area contributed by atoms with Crippen LogP contribution in [0, 0.1) is 6.92 Å². The van der Waals surface area contributed by atoms with Crippen molar-refractivity contribution in [1.29, 1.82) is 0 Å². The van der Waals surface area contributed by atoms with Gasteiger partial charge in [-0.3, -0.25) is 4.79 Å². The van der Waals surface area contributed by atoms with Gasteiger partial charge < -0.3 is 5.32 Å². The molecule has 1 amide bonds. The number of anilines is 1. The highest BCUT2D eigenvalue weighted by molar-refractivity contribution is 5.91. The standard InChI is InChI=1S/C17H19NO/c1-13-8-6-7-11-16(13)18-17(19)12-14(2)15-9-4-3-5-10-15/h3-11,14H,12H2,1-2H3,(H,18,19)/t14-/m0/s1. The van der Waals surface area contributed by atoms with Crippen molar-refractivity contribution >= 4 is 11.6 Å². The van der Waals surface area contributed by atoms with Crippen molar-refractivity contribution in [1.82, 2.24) is 0 Å². The number of hydrogen-bond acceptors (Lipinski definition) is 1. The number of carbonyl (C=O) groups excluding carboxylic acids is 1. The molecule has 1 N–H and O–H groups in total. The maximum atomic E-state index is 12.0. The summed E-state index contributed by atoms with van der Waals surface area (Å²) in [7, 11) is 0. The van der Waals surface area contributed by atoms with Crippen LogP contribution in [0.15, 0.2) is 54.6 Å². The van der Waals surface area contributed by atoms with Crippen LogP contribution in [-0.2, 0) is 4.79 Å². The summed E-state index contributed by atoms with van der Waals surface area (Å²) in [6, 6.07) is 18.0. The summed E-state index contributed by atoms with van der Waals surface area (Å²) < 4.78 is 0. The zero-order chi connectivity index (χ0) is 13.7. The SMILES string of the molecule is Cc1ccccc1NC(=O)C[C@H](C)c1ccccc1. The van der Waals surface area contributed by atoms with Crippen molar-refractivity contribution in [2.24, 2.45) is 0 Å². The largest absolute Gasteiger partial charge is 0.326 e. The van der Waals surface area contributed by atoms with Gasteiger partial charge in [0.25, 0.3) is 0 Å². The Morgan fingerprint density at radius 2 is 1.68 bits per heavy atom. The molecule has 0 radical (unpaired) electrons. The van der Waals surface area contributed by atoms with Crippen molar-refractivity contribution in [3.63, 3.8) is 0 Å². The highest BCUT2D eigenvalue weighted by Crippen LogP contribution is 2.20. The molecule has 1 atom stereocenters. The molecule has 0 aromatic heterocycles. The van der Waals surface area contributed by atoms with Crippen LogP contribution >= 0.6 is 0 Å². The lowest BCUT2D eigenvalue weighted by atomic mass is 9.97. The number of aryl methyl sites for hydroxylation is 1. The first-order valence-electron chi connectivity index (χ1n) is 6.57. The maximum absolute atomic E-state index is 12.0. The molecule has 0 aliphatic rings. The second kappa shape index (κ2) is 6.19. The molecule has 2 nitrogen and oxygen atoms in total. The van der Waals surface area contributed by atoms with E-state index in [-0.39, 0.29) is 11.8 Å². The zero-order valence-electron chi connectivity index (χ0n) is 11.4. The first kappa shape index (κ1) is 13.3. The third kappa shape index (κ3) is 3.68. The molecule has 0 spiro atoms. The molecule has 0 aliphatic carbocycles. The lowest BCUT2D eigenvalue weighted by Crippen LogP contribution is -2.15. The van der Waals surface area contributed by atoms with E-state index in [4.69, 9.17) is 0 Å². The van der Waals surface area contributed by atoms with Crippen molar-refractivity contribution < 1.29 is 4.79 Å². The number of hydrogen-bond donors (Lipinski definition) is 1. The minimum Gasteiger partial charge on any atom is -0.326 e. The summed E-state index contributed by atoms with van der Waals surface area (Å²) >= 11 is 0. The van der Waals surface area contributed by atoms with Gasteiger partial charge >= 0.3 is 0 Å². The second-order valence-corrected chi connectivity index (χ2v) is 4.88. The number of carbonyl (C=O) groups is 1. The van der Waals surface area contributed by atoms with Crippen molar-refractivity contribution in [2.45, 2.75) is 26.2 Å². The Bertz CT molecular complexity index is 548. The van der Waals surface area contributed by atoms with E-state index in [0.29, 0.717) is 6.42 Å². The number of nitrogens with one attached hydrogen (secondary N) is 1. The normalized spacial score (nSPS) is 11.9. The van der Waals surface area contributed by atoms with Crippen LogP contribution in [0.4, 0.5) is 5.69 Å². The molecule has 0 unspecified atom stereocenters. The average molecular weight is 253 g/mol. The molecular formula is C17H19NO. The molecule has 0 heterocycles. The van der Waals surface area contributed by atoms with Crippen molar-refractivity contribution in [2.75, 3.05) is 5.32 Å². The molecule has 2 aromatic carbocycles. The van der Waals surface area contributed by atoms with E-state index in [0.717, 1.165) is 11.3 Å². The van der Waals surface area contributed by atoms with Crippen LogP contribution in [0.5, 0.6) is 0 Å². The molecule has 2 aromatic rings. The first-order chi connectivity index (χ1) is 9.16. The molecule has 19 heavy (non-hydrogen) atoms. The Hall–Kier alpha value is -2.09. The van der Waals surface area contributed by atoms with E-state index in [9.17, 15) is 4.79 Å². The van der Waals surface area contributed by atoms with E-state index in [2.05, 4.69) is 24.4 Å². The van der Waals surface area contributed by atoms with Gasteiger partial charge in [0.05, 0.1) is 0 Å². The smallest absolute Gasteiger partial charge is 0.224 e. The topological polar surface area (TPSA) is 29.1 Å². The molecule has 0 aliphatic heterocycles. The van der Waals surface area contributed by atoms with Gasteiger partial charge in [-0.05, 0) is 30.0 Å². The molecule has 2 heteroatoms. The predicted octanol–water partition coefficient (Wildman–Crippen LogP) is 4.13. The Labute approximate surface area is 114 Å². The summed E-state index contributed by atoms with van der Waals surface area (Å²) in [5.41, 5.74) is 3.18. The van der Waals surface area contributed by atoms with Crippen LogP contribution in [0.3, 0.4) is 0 Å². The summed E-state index contributed by atoms with van der Waals surface area (Å²) in [6.07, 6.45) is 0.498. The molecule has 0 fully saturated rings. The van der Waals surface area contributed by atoms with E-state index in [1.165, 1.54) is 5.56 Å². The van der Waals surface area contributed by atoms with E-state index < -0.39 is 0 Å². The first-order valence-corrected chi connectivity index (χ1v) is 6.57. The summed E-state index contributed by atoms with van der Waals surface area (Å²) in [5.74, 6) is 0.288. The average Bonchev–Trinajstić information content (AvgIpc) is 2.42. The minimum atomic E-state index is 0.0608. The molecule has 2 rings (SSSR count). The van der Waals surface area contributed by atoms with E-state index in [1.54, 1.807) is 0 Å². The number of rotatable bonds is 4. The molecule has 0 bridgehead atoms. The lowest BCUT2D eigenvalue weighted by molar-refractivity contribution is -0.116. The fourth-order valence-electron chi connectivity index (χ4n) is 2.09. The summed E-state index contributed by atoms with van der Waals surface area (Å²) in [6.45, 7) is 4.07. The molecule has 0 saturated carbocycles. The monoisotopic (exact) mass is 253 g/mol. The quantitative estimate of drug-likeness (QED) is 0.872. The van der Waals surface area contributed by atoms with Gasteiger partial charge in [0.15, 0.2) is 0 Å². The van der Waals surface area contributed by atoms with Gasteiger partial charge in [0.2, 0.25) is 5.91 Å². The fraction of sp³-hybridized carbons (Fsp3) is 0.235. The van der Waals surface area contributed by atoms with Gasteiger partial charge in [-0.25, -0.2) is 0 Å². The van der Waals surface area contributed by atoms with Gasteiger partial charge in [0.1, 0.15) is 0 Å². The predicted molar refractivity (Wildman–Crippen MR) is 79.3 cm³/mol. The lowest BCUT2D eigenvalue weighted by Gasteiger charge is -2.13. The number of para-hydroxylation sites is 1. The van der Waals surface area contributed by atoms with Crippen LogP contribution in [-0.4, -0.2) is 5.91 Å². The maximum Gasteiger partial charge on any atom is 0.224 e. The number of benzene rings is 2. The summed E-state index contributed by atoms with van der Waals surface area (Å²) in [5, 5.41) is 2.97. The van der Waals surface area contributed by atoms with Crippen LogP contribution in [0.1, 0.15) is 30.4 Å². The molecule has 98 valence electrons. The van der Waals surface area contributed by atoms with Crippen LogP contribution < -0.4 is 5.32 Å². The van der Waals surface area contributed by atoms with Crippen LogP contribution in [0.25, 0.3) is 0 Å². The third-order valence-electron chi connectivity index (χ3n) is 3.28. The van der Waals surface area contributed by atoms with Crippen LogP contribution in [0.2, 0.25) is 0 Å². The van der Waals surface area contributed by atoms with Gasteiger partial charge in [0, 0.05) is 12.1 Å². The Kier molecular flexibility index (Phi) is 4.35. The Morgan fingerprint density at radius 3 is 2.37 bits per heavy atom. The van der Waals surface area contributed by atoms with Crippen molar-refractivity contribution in [3.05, 3.63) is 65.7 Å². The third-order valence-corrected chi connectivity index (χ3v) is 3.28. The zero-order valence-corrected chi connectivity index (χ0v) is 11.4. The van der Waals surface area contributed by atoms with Gasteiger partial charge in [-0.15, -0.1) is 0 Å². The highest BCUT2D eigenvalue weighted by atomic mass is 16.1. The second-order valence-electron chi connectivity index (χ2n) is 4.88. The summed E-state index contributed by atoms with van der Waals surface area (Å²) in [4.78, 5) is 12.0. The minimum absolute atomic E-state index is 0.0608. The van der Waals surface area contributed by atoms with E-state index in [1.807, 2.05) is 49.4 Å². The molecular weight excluding hydrogens is 234 g/mol. The Morgan fingerprint density at radius 1 is 1.05 bits per heavy atom. The fourth-order valence-corrected chi connectivity index (χ4v) is 2.09.